The minimum absolute atomic E-state index is 0.182. The van der Waals surface area contributed by atoms with Crippen LogP contribution in [0.15, 0.2) is 41.0 Å². The zero-order chi connectivity index (χ0) is 19.4. The monoisotopic (exact) mass is 370 g/mol. The van der Waals surface area contributed by atoms with Gasteiger partial charge in [0.2, 0.25) is 0 Å². The number of amides is 2. The number of esters is 1. The van der Waals surface area contributed by atoms with Gasteiger partial charge in [-0.25, -0.2) is 0 Å². The fourth-order valence-electron chi connectivity index (χ4n) is 2.92. The number of hydrogen-bond donors (Lipinski definition) is 1. The van der Waals surface area contributed by atoms with Crippen LogP contribution in [0.1, 0.15) is 36.4 Å². The van der Waals surface area contributed by atoms with Gasteiger partial charge in [0.1, 0.15) is 0 Å². The molecule has 142 valence electrons. The molecule has 27 heavy (non-hydrogen) atoms. The SMILES string of the molecule is CC(C)C(=O)OCC(=O)Nc1ccc2c(c1)CCCN2C(=O)c1ccco1. The lowest BCUT2D eigenvalue weighted by Gasteiger charge is -2.29. The lowest BCUT2D eigenvalue weighted by Crippen LogP contribution is -2.35. The molecule has 1 aliphatic heterocycles. The molecule has 1 aliphatic rings. The number of nitrogens with one attached hydrogen (secondary N) is 1. The molecule has 1 aromatic heterocycles. The first-order chi connectivity index (χ1) is 13.0. The van der Waals surface area contributed by atoms with Crippen molar-refractivity contribution in [1.29, 1.82) is 0 Å². The maximum absolute atomic E-state index is 12.6. The van der Waals surface area contributed by atoms with Gasteiger partial charge in [0.15, 0.2) is 12.4 Å². The number of anilines is 2. The normalized spacial score (nSPS) is 13.2. The van der Waals surface area contributed by atoms with E-state index in [1.807, 2.05) is 12.1 Å². The number of nitrogens with zero attached hydrogens (tertiary/aromatic N) is 1. The Bertz CT molecular complexity index is 842. The fraction of sp³-hybridized carbons (Fsp3) is 0.350. The van der Waals surface area contributed by atoms with E-state index >= 15 is 0 Å². The van der Waals surface area contributed by atoms with E-state index in [1.54, 1.807) is 36.9 Å². The molecule has 2 heterocycles. The Labute approximate surface area is 157 Å². The fourth-order valence-corrected chi connectivity index (χ4v) is 2.92. The molecule has 7 heteroatoms. The second-order valence-corrected chi connectivity index (χ2v) is 6.69. The third-order valence-electron chi connectivity index (χ3n) is 4.28. The number of carbonyl (C=O) groups excluding carboxylic acids is 3. The second-order valence-electron chi connectivity index (χ2n) is 6.69. The Morgan fingerprint density at radius 2 is 2.07 bits per heavy atom. The van der Waals surface area contributed by atoms with Crippen LogP contribution < -0.4 is 10.2 Å². The van der Waals surface area contributed by atoms with Crippen LogP contribution in [0.4, 0.5) is 11.4 Å². The van der Waals surface area contributed by atoms with Gasteiger partial charge in [0, 0.05) is 17.9 Å². The number of aryl methyl sites for hydroxylation is 1. The highest BCUT2D eigenvalue weighted by atomic mass is 16.5. The molecule has 0 aliphatic carbocycles. The van der Waals surface area contributed by atoms with Crippen LogP contribution in [-0.4, -0.2) is 30.9 Å². The van der Waals surface area contributed by atoms with Crippen molar-refractivity contribution in [1.82, 2.24) is 0 Å². The molecule has 7 nitrogen and oxygen atoms in total. The highest BCUT2D eigenvalue weighted by Gasteiger charge is 2.25. The zero-order valence-electron chi connectivity index (χ0n) is 15.4. The van der Waals surface area contributed by atoms with Gasteiger partial charge in [-0.2, -0.15) is 0 Å². The summed E-state index contributed by atoms with van der Waals surface area (Å²) < 4.78 is 10.1. The van der Waals surface area contributed by atoms with Crippen molar-refractivity contribution in [2.45, 2.75) is 26.7 Å². The van der Waals surface area contributed by atoms with Gasteiger partial charge in [-0.1, -0.05) is 13.8 Å². The Kier molecular flexibility index (Phi) is 5.59. The molecule has 2 aromatic rings. The van der Waals surface area contributed by atoms with E-state index in [0.29, 0.717) is 18.0 Å². The number of hydrogen-bond acceptors (Lipinski definition) is 5. The third kappa shape index (κ3) is 4.36. The smallest absolute Gasteiger partial charge is 0.308 e. The summed E-state index contributed by atoms with van der Waals surface area (Å²) in [4.78, 5) is 37.7. The number of carbonyl (C=O) groups is 3. The molecule has 3 rings (SSSR count). The van der Waals surface area contributed by atoms with Crippen molar-refractivity contribution in [2.24, 2.45) is 5.92 Å². The van der Waals surface area contributed by atoms with E-state index in [2.05, 4.69) is 5.32 Å². The van der Waals surface area contributed by atoms with Gasteiger partial charge in [-0.15, -0.1) is 0 Å². The van der Waals surface area contributed by atoms with Crippen molar-refractivity contribution >= 4 is 29.2 Å². The zero-order valence-corrected chi connectivity index (χ0v) is 15.4. The molecule has 0 radical (unpaired) electrons. The van der Waals surface area contributed by atoms with Crippen LogP contribution >= 0.6 is 0 Å². The van der Waals surface area contributed by atoms with Crippen LogP contribution in [0.25, 0.3) is 0 Å². The Hall–Kier alpha value is -3.09. The molecule has 0 saturated heterocycles. The first-order valence-electron chi connectivity index (χ1n) is 8.90. The first-order valence-corrected chi connectivity index (χ1v) is 8.90. The van der Waals surface area contributed by atoms with Gasteiger partial charge in [-0.05, 0) is 48.7 Å². The Morgan fingerprint density at radius 1 is 1.26 bits per heavy atom. The molecule has 1 aromatic carbocycles. The van der Waals surface area contributed by atoms with E-state index in [0.717, 1.165) is 24.1 Å². The Balaban J connectivity index is 1.68. The van der Waals surface area contributed by atoms with E-state index in [1.165, 1.54) is 6.26 Å². The van der Waals surface area contributed by atoms with E-state index in [-0.39, 0.29) is 18.4 Å². The molecule has 0 bridgehead atoms. The van der Waals surface area contributed by atoms with Gasteiger partial charge >= 0.3 is 5.97 Å². The molecule has 0 atom stereocenters. The average Bonchev–Trinajstić information content (AvgIpc) is 3.19. The van der Waals surface area contributed by atoms with Crippen LogP contribution in [0.3, 0.4) is 0 Å². The first kappa shape index (κ1) is 18.7. The maximum atomic E-state index is 12.6. The summed E-state index contributed by atoms with van der Waals surface area (Å²) in [6, 6.07) is 8.71. The molecule has 2 amide bonds. The number of fused-ring (bicyclic) bond motifs is 1. The lowest BCUT2D eigenvalue weighted by atomic mass is 10.0. The predicted octanol–water partition coefficient (Wildman–Crippen LogP) is 3.01. The summed E-state index contributed by atoms with van der Waals surface area (Å²) in [6.45, 7) is 3.71. The minimum atomic E-state index is -0.414. The molecule has 1 N–H and O–H groups in total. The largest absolute Gasteiger partial charge is 0.459 e. The maximum Gasteiger partial charge on any atom is 0.308 e. The van der Waals surface area contributed by atoms with Crippen molar-refractivity contribution in [2.75, 3.05) is 23.4 Å². The van der Waals surface area contributed by atoms with Crippen LogP contribution in [-0.2, 0) is 20.7 Å². The standard InChI is InChI=1S/C20H22N2O5/c1-13(2)20(25)27-12-18(23)21-15-7-8-16-14(11-15)5-3-9-22(16)19(24)17-6-4-10-26-17/h4,6-8,10-11,13H,3,5,9,12H2,1-2H3,(H,21,23). The number of rotatable bonds is 5. The molecular formula is C20H22N2O5. The second kappa shape index (κ2) is 8.07. The van der Waals surface area contributed by atoms with Crippen LogP contribution in [0.5, 0.6) is 0 Å². The van der Waals surface area contributed by atoms with Gasteiger partial charge in [0.25, 0.3) is 11.8 Å². The van der Waals surface area contributed by atoms with E-state index in [4.69, 9.17) is 9.15 Å². The van der Waals surface area contributed by atoms with E-state index in [9.17, 15) is 14.4 Å². The highest BCUT2D eigenvalue weighted by molar-refractivity contribution is 6.05. The topological polar surface area (TPSA) is 88.9 Å². The summed E-state index contributed by atoms with van der Waals surface area (Å²) in [5.74, 6) is -0.976. The molecular weight excluding hydrogens is 348 g/mol. The van der Waals surface area contributed by atoms with Crippen molar-refractivity contribution in [3.05, 3.63) is 47.9 Å². The van der Waals surface area contributed by atoms with Gasteiger partial charge in [-0.3, -0.25) is 14.4 Å². The van der Waals surface area contributed by atoms with Crippen molar-refractivity contribution in [3.63, 3.8) is 0 Å². The van der Waals surface area contributed by atoms with Gasteiger partial charge in [0.05, 0.1) is 12.2 Å². The molecule has 0 fully saturated rings. The summed E-state index contributed by atoms with van der Waals surface area (Å²) >= 11 is 0. The Morgan fingerprint density at radius 3 is 2.78 bits per heavy atom. The highest BCUT2D eigenvalue weighted by Crippen LogP contribution is 2.31. The average molecular weight is 370 g/mol. The van der Waals surface area contributed by atoms with Crippen LogP contribution in [0.2, 0.25) is 0 Å². The summed E-state index contributed by atoms with van der Waals surface area (Å²) in [5, 5.41) is 2.72. The molecule has 0 saturated carbocycles. The minimum Gasteiger partial charge on any atom is -0.459 e. The molecule has 0 unspecified atom stereocenters. The van der Waals surface area contributed by atoms with Crippen LogP contribution in [0, 0.1) is 5.92 Å². The number of furan rings is 1. The van der Waals surface area contributed by atoms with Crippen molar-refractivity contribution in [3.8, 4) is 0 Å². The predicted molar refractivity (Wildman–Crippen MR) is 99.6 cm³/mol. The summed E-state index contributed by atoms with van der Waals surface area (Å²) in [6.07, 6.45) is 3.11. The summed E-state index contributed by atoms with van der Waals surface area (Å²) in [5.41, 5.74) is 2.39. The number of benzene rings is 1. The third-order valence-corrected chi connectivity index (χ3v) is 4.28. The van der Waals surface area contributed by atoms with Crippen molar-refractivity contribution < 1.29 is 23.5 Å². The number of ether oxygens (including phenoxy) is 1. The molecule has 0 spiro atoms. The van der Waals surface area contributed by atoms with Gasteiger partial charge < -0.3 is 19.4 Å². The summed E-state index contributed by atoms with van der Waals surface area (Å²) in [7, 11) is 0. The van der Waals surface area contributed by atoms with E-state index < -0.39 is 11.9 Å². The lowest BCUT2D eigenvalue weighted by molar-refractivity contribution is -0.150. The quantitative estimate of drug-likeness (QED) is 0.818.